The number of hydrogen-bond donors (Lipinski definition) is 2. The van der Waals surface area contributed by atoms with Gasteiger partial charge in [0.25, 0.3) is 0 Å². The van der Waals surface area contributed by atoms with E-state index in [4.69, 9.17) is 0 Å². The molecule has 2 aromatic heterocycles. The summed E-state index contributed by atoms with van der Waals surface area (Å²) < 4.78 is 4.67. The number of nitrogens with zero attached hydrogens (tertiary/aromatic N) is 2. The van der Waals surface area contributed by atoms with Crippen molar-refractivity contribution in [2.75, 3.05) is 0 Å². The van der Waals surface area contributed by atoms with Crippen molar-refractivity contribution in [2.45, 2.75) is 13.1 Å². The van der Waals surface area contributed by atoms with Crippen molar-refractivity contribution >= 4 is 10.9 Å². The summed E-state index contributed by atoms with van der Waals surface area (Å²) in [6.07, 6.45) is 3.36. The first-order valence-corrected chi connectivity index (χ1v) is 5.44. The minimum atomic E-state index is 0.607. The van der Waals surface area contributed by atoms with Gasteiger partial charge in [-0.3, -0.25) is 0 Å². The molecule has 0 aliphatic carbocycles. The van der Waals surface area contributed by atoms with Crippen molar-refractivity contribution in [1.82, 2.24) is 20.4 Å². The maximum absolute atomic E-state index is 4.67. The van der Waals surface area contributed by atoms with E-state index in [9.17, 15) is 0 Å². The number of aromatic nitrogens is 3. The Bertz CT molecular complexity index is 600. The van der Waals surface area contributed by atoms with Gasteiger partial charge in [-0.05, 0) is 11.6 Å². The molecule has 2 heterocycles. The summed E-state index contributed by atoms with van der Waals surface area (Å²) in [7, 11) is 0. The van der Waals surface area contributed by atoms with Crippen LogP contribution in [0.15, 0.2) is 41.4 Å². The highest BCUT2D eigenvalue weighted by molar-refractivity contribution is 5.82. The normalized spacial score (nSPS) is 11.1. The molecule has 3 aromatic rings. The van der Waals surface area contributed by atoms with Crippen LogP contribution >= 0.6 is 0 Å². The van der Waals surface area contributed by atoms with Crippen LogP contribution in [0.3, 0.4) is 0 Å². The Hall–Kier alpha value is -2.14. The summed E-state index contributed by atoms with van der Waals surface area (Å²) in [4.78, 5) is 7.19. The van der Waals surface area contributed by atoms with Gasteiger partial charge < -0.3 is 14.8 Å². The number of para-hydroxylation sites is 1. The van der Waals surface area contributed by atoms with E-state index in [0.717, 1.165) is 12.1 Å². The molecule has 0 fully saturated rings. The Morgan fingerprint density at radius 1 is 1.24 bits per heavy atom. The quantitative estimate of drug-likeness (QED) is 0.715. The topological polar surface area (TPSA) is 66.7 Å². The third-order valence-corrected chi connectivity index (χ3v) is 2.68. The van der Waals surface area contributed by atoms with E-state index in [1.54, 1.807) is 0 Å². The second kappa shape index (κ2) is 4.39. The molecule has 0 atom stereocenters. The zero-order valence-corrected chi connectivity index (χ0v) is 9.18. The predicted molar refractivity (Wildman–Crippen MR) is 63.1 cm³/mol. The van der Waals surface area contributed by atoms with Gasteiger partial charge >= 0.3 is 0 Å². The van der Waals surface area contributed by atoms with E-state index in [2.05, 4.69) is 37.1 Å². The first-order chi connectivity index (χ1) is 8.43. The SMILES string of the molecule is c1ccc2c(CNCc3ncon3)c[nH]c2c1. The second-order valence-electron chi connectivity index (χ2n) is 3.81. The fourth-order valence-electron chi connectivity index (χ4n) is 1.86. The van der Waals surface area contributed by atoms with E-state index < -0.39 is 0 Å². The molecule has 1 aromatic carbocycles. The highest BCUT2D eigenvalue weighted by Crippen LogP contribution is 2.17. The average Bonchev–Trinajstić information content (AvgIpc) is 2.99. The predicted octanol–water partition coefficient (Wildman–Crippen LogP) is 1.84. The van der Waals surface area contributed by atoms with Crippen LogP contribution in [0.5, 0.6) is 0 Å². The molecular weight excluding hydrogens is 216 g/mol. The third kappa shape index (κ3) is 2.05. The molecular formula is C12H12N4O. The van der Waals surface area contributed by atoms with Gasteiger partial charge in [-0.1, -0.05) is 23.4 Å². The van der Waals surface area contributed by atoms with Gasteiger partial charge in [0.2, 0.25) is 6.39 Å². The lowest BCUT2D eigenvalue weighted by atomic mass is 10.2. The summed E-state index contributed by atoms with van der Waals surface area (Å²) >= 11 is 0. The summed E-state index contributed by atoms with van der Waals surface area (Å²) in [5.74, 6) is 0.671. The van der Waals surface area contributed by atoms with Crippen LogP contribution in [0, 0.1) is 0 Å². The van der Waals surface area contributed by atoms with Crippen LogP contribution in [0.2, 0.25) is 0 Å². The molecule has 0 saturated heterocycles. The number of hydrogen-bond acceptors (Lipinski definition) is 4. The number of aromatic amines is 1. The van der Waals surface area contributed by atoms with Crippen LogP contribution in [0.25, 0.3) is 10.9 Å². The maximum Gasteiger partial charge on any atom is 0.213 e. The fourth-order valence-corrected chi connectivity index (χ4v) is 1.86. The maximum atomic E-state index is 4.67. The summed E-state index contributed by atoms with van der Waals surface area (Å²) in [6.45, 7) is 1.38. The molecule has 0 bridgehead atoms. The molecule has 0 unspecified atom stereocenters. The largest absolute Gasteiger partial charge is 0.361 e. The van der Waals surface area contributed by atoms with Crippen molar-refractivity contribution in [2.24, 2.45) is 0 Å². The zero-order chi connectivity index (χ0) is 11.5. The van der Waals surface area contributed by atoms with Gasteiger partial charge in [-0.15, -0.1) is 0 Å². The highest BCUT2D eigenvalue weighted by atomic mass is 16.5. The highest BCUT2D eigenvalue weighted by Gasteiger charge is 2.03. The van der Waals surface area contributed by atoms with Gasteiger partial charge in [0.1, 0.15) is 0 Å². The molecule has 5 heteroatoms. The van der Waals surface area contributed by atoms with Crippen LogP contribution in [0.1, 0.15) is 11.4 Å². The van der Waals surface area contributed by atoms with Gasteiger partial charge in [0.05, 0.1) is 6.54 Å². The molecule has 0 aliphatic heterocycles. The number of rotatable bonds is 4. The monoisotopic (exact) mass is 228 g/mol. The Kier molecular flexibility index (Phi) is 2.59. The Balaban J connectivity index is 1.69. The van der Waals surface area contributed by atoms with E-state index in [0.29, 0.717) is 12.4 Å². The van der Waals surface area contributed by atoms with Crippen molar-refractivity contribution in [1.29, 1.82) is 0 Å². The van der Waals surface area contributed by atoms with E-state index in [-0.39, 0.29) is 0 Å². The van der Waals surface area contributed by atoms with E-state index in [1.807, 2.05) is 18.3 Å². The Morgan fingerprint density at radius 2 is 2.18 bits per heavy atom. The van der Waals surface area contributed by atoms with Gasteiger partial charge in [0.15, 0.2) is 5.82 Å². The van der Waals surface area contributed by atoms with Gasteiger partial charge in [-0.2, -0.15) is 4.98 Å². The van der Waals surface area contributed by atoms with E-state index >= 15 is 0 Å². The third-order valence-electron chi connectivity index (χ3n) is 2.68. The fraction of sp³-hybridized carbons (Fsp3) is 0.167. The van der Waals surface area contributed by atoms with Crippen molar-refractivity contribution < 1.29 is 4.52 Å². The number of benzene rings is 1. The first kappa shape index (κ1) is 10.0. The second-order valence-corrected chi connectivity index (χ2v) is 3.81. The number of fused-ring (bicyclic) bond motifs is 1. The average molecular weight is 228 g/mol. The standard InChI is InChI=1S/C12H12N4O/c1-2-4-11-10(3-1)9(6-14-11)5-13-7-12-15-8-17-16-12/h1-4,6,8,13-14H,5,7H2. The van der Waals surface area contributed by atoms with E-state index in [1.165, 1.54) is 17.3 Å². The molecule has 0 radical (unpaired) electrons. The molecule has 0 aliphatic rings. The minimum Gasteiger partial charge on any atom is -0.361 e. The molecule has 0 saturated carbocycles. The number of nitrogens with one attached hydrogen (secondary N) is 2. The first-order valence-electron chi connectivity index (χ1n) is 5.44. The Morgan fingerprint density at radius 3 is 3.06 bits per heavy atom. The lowest BCUT2D eigenvalue weighted by molar-refractivity contribution is 0.407. The molecule has 17 heavy (non-hydrogen) atoms. The minimum absolute atomic E-state index is 0.607. The molecule has 86 valence electrons. The molecule has 3 rings (SSSR count). The van der Waals surface area contributed by atoms with Crippen LogP contribution in [0.4, 0.5) is 0 Å². The molecule has 2 N–H and O–H groups in total. The zero-order valence-electron chi connectivity index (χ0n) is 9.18. The van der Waals surface area contributed by atoms with Crippen LogP contribution < -0.4 is 5.32 Å². The summed E-state index contributed by atoms with van der Waals surface area (Å²) in [5.41, 5.74) is 2.40. The van der Waals surface area contributed by atoms with Crippen LogP contribution in [-0.2, 0) is 13.1 Å². The lowest BCUT2D eigenvalue weighted by Crippen LogP contribution is -2.13. The smallest absolute Gasteiger partial charge is 0.213 e. The lowest BCUT2D eigenvalue weighted by Gasteiger charge is -2.00. The van der Waals surface area contributed by atoms with Crippen LogP contribution in [-0.4, -0.2) is 15.1 Å². The summed E-state index contributed by atoms with van der Waals surface area (Å²) in [6, 6.07) is 8.24. The van der Waals surface area contributed by atoms with Gasteiger partial charge in [0, 0.05) is 23.6 Å². The molecule has 0 amide bonds. The van der Waals surface area contributed by atoms with Gasteiger partial charge in [-0.25, -0.2) is 0 Å². The van der Waals surface area contributed by atoms with Crippen molar-refractivity contribution in [3.8, 4) is 0 Å². The Labute approximate surface area is 97.8 Å². The summed E-state index contributed by atoms with van der Waals surface area (Å²) in [5, 5.41) is 8.26. The number of H-pyrrole nitrogens is 1. The molecule has 0 spiro atoms. The molecule has 5 nitrogen and oxygen atoms in total. The van der Waals surface area contributed by atoms with Crippen molar-refractivity contribution in [3.63, 3.8) is 0 Å². The van der Waals surface area contributed by atoms with Crippen molar-refractivity contribution in [3.05, 3.63) is 48.2 Å².